The van der Waals surface area contributed by atoms with Gasteiger partial charge in [0.1, 0.15) is 0 Å². The zero-order valence-corrected chi connectivity index (χ0v) is 10.9. The number of aromatic nitrogens is 2. The smallest absolute Gasteiger partial charge is 0.0724 e. The summed E-state index contributed by atoms with van der Waals surface area (Å²) in [6.07, 6.45) is 7.07. The summed E-state index contributed by atoms with van der Waals surface area (Å²) in [4.78, 5) is 0. The summed E-state index contributed by atoms with van der Waals surface area (Å²) in [5.74, 6) is 0. The molecule has 0 aromatic carbocycles. The van der Waals surface area contributed by atoms with Crippen molar-refractivity contribution in [3.8, 4) is 0 Å². The fourth-order valence-corrected chi connectivity index (χ4v) is 2.60. The predicted molar refractivity (Wildman–Crippen MR) is 67.8 cm³/mol. The van der Waals surface area contributed by atoms with Crippen LogP contribution in [0.5, 0.6) is 0 Å². The maximum absolute atomic E-state index is 5.49. The van der Waals surface area contributed by atoms with Gasteiger partial charge in [0.15, 0.2) is 0 Å². The van der Waals surface area contributed by atoms with Gasteiger partial charge >= 0.3 is 0 Å². The number of nitrogens with zero attached hydrogens (tertiary/aromatic N) is 2. The van der Waals surface area contributed by atoms with E-state index in [0.29, 0.717) is 12.1 Å². The second-order valence-electron chi connectivity index (χ2n) is 4.74. The lowest BCUT2D eigenvalue weighted by Gasteiger charge is -2.19. The zero-order chi connectivity index (χ0) is 12.1. The van der Waals surface area contributed by atoms with E-state index in [1.165, 1.54) is 25.0 Å². The molecule has 0 bridgehead atoms. The Bertz CT molecular complexity index is 337. The largest absolute Gasteiger partial charge is 0.380 e. The Balaban J connectivity index is 1.86. The molecule has 1 saturated carbocycles. The quantitative estimate of drug-likeness (QED) is 0.822. The highest BCUT2D eigenvalue weighted by molar-refractivity contribution is 5.01. The van der Waals surface area contributed by atoms with Gasteiger partial charge in [-0.3, -0.25) is 4.68 Å². The molecule has 2 rings (SSSR count). The van der Waals surface area contributed by atoms with Crippen LogP contribution in [-0.4, -0.2) is 29.0 Å². The van der Waals surface area contributed by atoms with Gasteiger partial charge in [-0.05, 0) is 31.7 Å². The van der Waals surface area contributed by atoms with Gasteiger partial charge in [-0.1, -0.05) is 6.92 Å². The molecule has 1 aliphatic rings. The molecule has 1 N–H and O–H groups in total. The molecule has 0 aliphatic heterocycles. The van der Waals surface area contributed by atoms with Gasteiger partial charge in [0.25, 0.3) is 0 Å². The number of nitrogens with one attached hydrogen (secondary N) is 1. The summed E-state index contributed by atoms with van der Waals surface area (Å²) in [6, 6.07) is 2.60. The number of ether oxygens (including phenoxy) is 1. The van der Waals surface area contributed by atoms with Crippen molar-refractivity contribution in [3.05, 3.63) is 18.0 Å². The Morgan fingerprint density at radius 2 is 2.41 bits per heavy atom. The molecule has 2 atom stereocenters. The van der Waals surface area contributed by atoms with Crippen LogP contribution in [0, 0.1) is 0 Å². The van der Waals surface area contributed by atoms with E-state index in [1.54, 1.807) is 0 Å². The lowest BCUT2D eigenvalue weighted by atomic mass is 10.2. The normalized spacial score (nSPS) is 24.4. The summed E-state index contributed by atoms with van der Waals surface area (Å²) in [6.45, 7) is 4.07. The Morgan fingerprint density at radius 1 is 1.53 bits per heavy atom. The molecule has 17 heavy (non-hydrogen) atoms. The van der Waals surface area contributed by atoms with Crippen LogP contribution in [-0.2, 0) is 17.8 Å². The molecule has 2 unspecified atom stereocenters. The number of aryl methyl sites for hydroxylation is 1. The van der Waals surface area contributed by atoms with Crippen molar-refractivity contribution >= 4 is 0 Å². The van der Waals surface area contributed by atoms with E-state index in [-0.39, 0.29) is 0 Å². The third-order valence-electron chi connectivity index (χ3n) is 3.54. The third kappa shape index (κ3) is 3.07. The Hall–Kier alpha value is -0.870. The highest BCUT2D eigenvalue weighted by Gasteiger charge is 2.26. The number of hydrogen-bond donors (Lipinski definition) is 1. The number of hydrogen-bond acceptors (Lipinski definition) is 3. The first-order valence-corrected chi connectivity index (χ1v) is 6.62. The lowest BCUT2D eigenvalue weighted by molar-refractivity contribution is 0.0845. The van der Waals surface area contributed by atoms with Crippen molar-refractivity contribution in [2.45, 2.75) is 57.8 Å². The molecule has 0 amide bonds. The van der Waals surface area contributed by atoms with E-state index < -0.39 is 0 Å². The molecule has 1 heterocycles. The maximum Gasteiger partial charge on any atom is 0.0724 e. The average Bonchev–Trinajstić information content (AvgIpc) is 2.95. The van der Waals surface area contributed by atoms with Gasteiger partial charge in [-0.15, -0.1) is 0 Å². The van der Waals surface area contributed by atoms with Crippen molar-refractivity contribution in [2.24, 2.45) is 0 Å². The second kappa shape index (κ2) is 6.17. The molecule has 1 aromatic heterocycles. The maximum atomic E-state index is 5.49. The molecule has 0 radical (unpaired) electrons. The topological polar surface area (TPSA) is 39.1 Å². The molecular formula is C13H23N3O. The molecule has 0 saturated heterocycles. The molecule has 4 nitrogen and oxygen atoms in total. The predicted octanol–water partition coefficient (Wildman–Crippen LogP) is 1.95. The van der Waals surface area contributed by atoms with Crippen LogP contribution < -0.4 is 5.32 Å². The first kappa shape index (κ1) is 12.6. The summed E-state index contributed by atoms with van der Waals surface area (Å²) in [5.41, 5.74) is 1.27. The van der Waals surface area contributed by atoms with Gasteiger partial charge in [0.05, 0.1) is 11.8 Å². The molecule has 4 heteroatoms. The van der Waals surface area contributed by atoms with Crippen LogP contribution in [0.1, 0.15) is 38.3 Å². The summed E-state index contributed by atoms with van der Waals surface area (Å²) >= 11 is 0. The Labute approximate surface area is 103 Å². The third-order valence-corrected chi connectivity index (χ3v) is 3.54. The minimum absolute atomic E-state index is 0.387. The van der Waals surface area contributed by atoms with E-state index >= 15 is 0 Å². The number of methoxy groups -OCH3 is 1. The van der Waals surface area contributed by atoms with E-state index in [4.69, 9.17) is 4.74 Å². The Kier molecular flexibility index (Phi) is 4.57. The van der Waals surface area contributed by atoms with Crippen LogP contribution in [0.15, 0.2) is 12.3 Å². The van der Waals surface area contributed by atoms with Crippen molar-refractivity contribution in [2.75, 3.05) is 7.11 Å². The fourth-order valence-electron chi connectivity index (χ4n) is 2.60. The van der Waals surface area contributed by atoms with Gasteiger partial charge in [-0.2, -0.15) is 5.10 Å². The standard InChI is InChI=1S/C13H23N3O/c1-3-9-16-11(7-8-15-16)10-14-12-5-4-6-13(12)17-2/h7-8,12-14H,3-6,9-10H2,1-2H3. The molecule has 0 spiro atoms. The van der Waals surface area contributed by atoms with E-state index in [9.17, 15) is 0 Å². The van der Waals surface area contributed by atoms with Crippen LogP contribution >= 0.6 is 0 Å². The van der Waals surface area contributed by atoms with Crippen LogP contribution in [0.3, 0.4) is 0 Å². The molecule has 1 fully saturated rings. The lowest BCUT2D eigenvalue weighted by Crippen LogP contribution is -2.36. The van der Waals surface area contributed by atoms with Gasteiger partial charge < -0.3 is 10.1 Å². The van der Waals surface area contributed by atoms with Crippen molar-refractivity contribution in [1.82, 2.24) is 15.1 Å². The van der Waals surface area contributed by atoms with Crippen LogP contribution in [0.25, 0.3) is 0 Å². The summed E-state index contributed by atoms with van der Waals surface area (Å²) in [5, 5.41) is 7.93. The van der Waals surface area contributed by atoms with E-state index in [0.717, 1.165) is 19.5 Å². The van der Waals surface area contributed by atoms with Crippen molar-refractivity contribution in [3.63, 3.8) is 0 Å². The number of rotatable bonds is 6. The van der Waals surface area contributed by atoms with Crippen molar-refractivity contribution < 1.29 is 4.74 Å². The molecular weight excluding hydrogens is 214 g/mol. The molecule has 1 aliphatic carbocycles. The van der Waals surface area contributed by atoms with Gasteiger partial charge in [0, 0.05) is 32.4 Å². The highest BCUT2D eigenvalue weighted by atomic mass is 16.5. The first-order valence-electron chi connectivity index (χ1n) is 6.62. The fraction of sp³-hybridized carbons (Fsp3) is 0.769. The van der Waals surface area contributed by atoms with E-state index in [2.05, 4.69) is 28.1 Å². The Morgan fingerprint density at radius 3 is 3.18 bits per heavy atom. The minimum Gasteiger partial charge on any atom is -0.380 e. The molecule has 96 valence electrons. The van der Waals surface area contributed by atoms with Gasteiger partial charge in [0.2, 0.25) is 0 Å². The first-order chi connectivity index (χ1) is 8.35. The highest BCUT2D eigenvalue weighted by Crippen LogP contribution is 2.21. The minimum atomic E-state index is 0.387. The SMILES string of the molecule is CCCn1nccc1CNC1CCCC1OC. The van der Waals surface area contributed by atoms with Crippen molar-refractivity contribution in [1.29, 1.82) is 0 Å². The monoisotopic (exact) mass is 237 g/mol. The summed E-state index contributed by atoms with van der Waals surface area (Å²) in [7, 11) is 1.81. The summed E-state index contributed by atoms with van der Waals surface area (Å²) < 4.78 is 7.57. The molecule has 1 aromatic rings. The van der Waals surface area contributed by atoms with E-state index in [1.807, 2.05) is 13.3 Å². The second-order valence-corrected chi connectivity index (χ2v) is 4.74. The van der Waals surface area contributed by atoms with Gasteiger partial charge in [-0.25, -0.2) is 0 Å². The van der Waals surface area contributed by atoms with Crippen LogP contribution in [0.4, 0.5) is 0 Å². The zero-order valence-electron chi connectivity index (χ0n) is 10.9. The van der Waals surface area contributed by atoms with Crippen LogP contribution in [0.2, 0.25) is 0 Å². The average molecular weight is 237 g/mol.